The predicted molar refractivity (Wildman–Crippen MR) is 149 cm³/mol. The fourth-order valence-electron chi connectivity index (χ4n) is 3.36. The van der Waals surface area contributed by atoms with E-state index in [1.54, 1.807) is 36.4 Å². The molecule has 0 aliphatic carbocycles. The van der Waals surface area contributed by atoms with E-state index in [-0.39, 0.29) is 11.1 Å². The molecule has 4 aromatic carbocycles. The van der Waals surface area contributed by atoms with E-state index in [2.05, 4.69) is 35.5 Å². The normalized spacial score (nSPS) is 9.47. The van der Waals surface area contributed by atoms with E-state index in [4.69, 9.17) is 0 Å². The molecule has 0 unspecified atom stereocenters. The van der Waals surface area contributed by atoms with Crippen molar-refractivity contribution in [1.29, 1.82) is 0 Å². The third-order valence-electron chi connectivity index (χ3n) is 5.56. The molecule has 0 heterocycles. The largest absolute Gasteiger partial charge is 0.205 e. The summed E-state index contributed by atoms with van der Waals surface area (Å²) in [6.07, 6.45) is 0. The van der Waals surface area contributed by atoms with Crippen LogP contribution in [0.25, 0.3) is 0 Å². The first kappa shape index (κ1) is 27.9. The number of benzene rings is 4. The van der Waals surface area contributed by atoms with Gasteiger partial charge < -0.3 is 0 Å². The van der Waals surface area contributed by atoms with E-state index in [1.165, 1.54) is 6.92 Å². The van der Waals surface area contributed by atoms with Gasteiger partial charge in [0, 0.05) is 27.8 Å². The molecule has 188 valence electrons. The number of hydrogen-bond donors (Lipinski definition) is 0. The number of hydrogen-bond acceptors (Lipinski definition) is 0. The lowest BCUT2D eigenvalue weighted by Crippen LogP contribution is -2.03. The third kappa shape index (κ3) is 6.97. The second-order valence-electron chi connectivity index (χ2n) is 8.38. The molecule has 0 fully saturated rings. The summed E-state index contributed by atoms with van der Waals surface area (Å²) in [5.41, 5.74) is 4.02. The zero-order valence-corrected chi connectivity index (χ0v) is 22.1. The van der Waals surface area contributed by atoms with E-state index >= 15 is 0 Å². The number of rotatable bonds is 0. The summed E-state index contributed by atoms with van der Waals surface area (Å²) in [5.74, 6) is 13.1. The summed E-state index contributed by atoms with van der Waals surface area (Å²) in [7, 11) is 0. The Morgan fingerprint density at radius 1 is 0.395 bits per heavy atom. The van der Waals surface area contributed by atoms with Gasteiger partial charge in [0.05, 0.1) is 11.1 Å². The van der Waals surface area contributed by atoms with Crippen LogP contribution in [0.3, 0.4) is 0 Å². The Bertz CT molecular complexity index is 1580. The SMILES string of the molecule is CC.Cc1ccc(C#Cc2ccc(C#Cc3c(F)c(C)c(C#Cc4ccc(C)cc4)c(F)c3F)cc2)cc1. The summed E-state index contributed by atoms with van der Waals surface area (Å²) in [5, 5.41) is 0. The van der Waals surface area contributed by atoms with Crippen molar-refractivity contribution < 1.29 is 13.2 Å². The van der Waals surface area contributed by atoms with Gasteiger partial charge in [-0.2, -0.15) is 0 Å². The van der Waals surface area contributed by atoms with E-state index in [0.717, 1.165) is 22.3 Å². The monoisotopic (exact) mass is 504 g/mol. The maximum atomic E-state index is 14.9. The lowest BCUT2D eigenvalue weighted by Gasteiger charge is -2.07. The fraction of sp³-hybridized carbons (Fsp3) is 0.143. The van der Waals surface area contributed by atoms with E-state index < -0.39 is 23.0 Å². The Morgan fingerprint density at radius 2 is 0.684 bits per heavy atom. The molecule has 0 bridgehead atoms. The van der Waals surface area contributed by atoms with Gasteiger partial charge in [0.2, 0.25) is 0 Å². The van der Waals surface area contributed by atoms with Gasteiger partial charge in [-0.1, -0.05) is 84.8 Å². The Hall–Kier alpha value is -4.65. The maximum absolute atomic E-state index is 14.9. The van der Waals surface area contributed by atoms with Crippen molar-refractivity contribution in [3.63, 3.8) is 0 Å². The Labute approximate surface area is 223 Å². The van der Waals surface area contributed by atoms with E-state index in [0.29, 0.717) is 11.1 Å². The van der Waals surface area contributed by atoms with Crippen molar-refractivity contribution in [2.75, 3.05) is 0 Å². The molecule has 0 aliphatic heterocycles. The molecule has 4 rings (SSSR count). The van der Waals surface area contributed by atoms with Crippen LogP contribution >= 0.6 is 0 Å². The maximum Gasteiger partial charge on any atom is 0.178 e. The van der Waals surface area contributed by atoms with Crippen LogP contribution in [0.15, 0.2) is 72.8 Å². The summed E-state index contributed by atoms with van der Waals surface area (Å²) in [4.78, 5) is 0. The molecule has 0 aliphatic rings. The highest BCUT2D eigenvalue weighted by Gasteiger charge is 2.20. The van der Waals surface area contributed by atoms with Crippen LogP contribution in [0.1, 0.15) is 63.9 Å². The molecule has 0 saturated heterocycles. The molecule has 0 N–H and O–H groups in total. The minimum Gasteiger partial charge on any atom is -0.205 e. The van der Waals surface area contributed by atoms with Crippen molar-refractivity contribution in [3.8, 4) is 35.5 Å². The molecule has 0 amide bonds. The van der Waals surface area contributed by atoms with Gasteiger partial charge >= 0.3 is 0 Å². The molecular formula is C35H27F3. The number of aryl methyl sites for hydroxylation is 2. The predicted octanol–water partition coefficient (Wildman–Crippen LogP) is 8.25. The molecule has 0 nitrogen and oxygen atoms in total. The average molecular weight is 505 g/mol. The summed E-state index contributed by atoms with van der Waals surface area (Å²) in [6.45, 7) is 9.31. The van der Waals surface area contributed by atoms with Gasteiger partial charge in [-0.3, -0.25) is 0 Å². The summed E-state index contributed by atoms with van der Waals surface area (Å²) < 4.78 is 44.4. The standard InChI is InChI=1S/C33H21F3.C2H6/c1-22-4-8-25(9-5-22)12-13-27-14-16-28(17-15-27)19-21-30-31(34)24(3)29(32(35)33(30)36)20-18-26-10-6-23(2)7-11-26;1-2/h4-11,14-17H,1-3H3;1-2H3. The van der Waals surface area contributed by atoms with Crippen molar-refractivity contribution in [3.05, 3.63) is 140 Å². The second-order valence-corrected chi connectivity index (χ2v) is 8.38. The number of halogens is 3. The summed E-state index contributed by atoms with van der Waals surface area (Å²) in [6, 6.07) is 22.1. The van der Waals surface area contributed by atoms with Crippen LogP contribution in [0.4, 0.5) is 13.2 Å². The Kier molecular flexibility index (Phi) is 9.60. The van der Waals surface area contributed by atoms with Gasteiger partial charge in [-0.15, -0.1) is 0 Å². The molecule has 0 aromatic heterocycles. The van der Waals surface area contributed by atoms with Crippen molar-refractivity contribution in [2.24, 2.45) is 0 Å². The smallest absolute Gasteiger partial charge is 0.178 e. The highest BCUT2D eigenvalue weighted by Crippen LogP contribution is 2.24. The van der Waals surface area contributed by atoms with Gasteiger partial charge in [-0.05, 0) is 69.3 Å². The van der Waals surface area contributed by atoms with Crippen LogP contribution in [-0.4, -0.2) is 0 Å². The van der Waals surface area contributed by atoms with Crippen molar-refractivity contribution in [2.45, 2.75) is 34.6 Å². The lowest BCUT2D eigenvalue weighted by molar-refractivity contribution is 0.486. The highest BCUT2D eigenvalue weighted by molar-refractivity contribution is 5.54. The molecule has 0 atom stereocenters. The van der Waals surface area contributed by atoms with Crippen molar-refractivity contribution >= 4 is 0 Å². The minimum atomic E-state index is -1.35. The first-order chi connectivity index (χ1) is 18.3. The van der Waals surface area contributed by atoms with Gasteiger partial charge in [0.1, 0.15) is 5.82 Å². The molecule has 0 spiro atoms. The van der Waals surface area contributed by atoms with Crippen LogP contribution in [0.2, 0.25) is 0 Å². The minimum absolute atomic E-state index is 0.0838. The van der Waals surface area contributed by atoms with E-state index in [1.807, 2.05) is 64.1 Å². The molecular weight excluding hydrogens is 477 g/mol. The average Bonchev–Trinajstić information content (AvgIpc) is 2.94. The highest BCUT2D eigenvalue weighted by atomic mass is 19.2. The second kappa shape index (κ2) is 13.1. The molecule has 38 heavy (non-hydrogen) atoms. The summed E-state index contributed by atoms with van der Waals surface area (Å²) >= 11 is 0. The van der Waals surface area contributed by atoms with Crippen LogP contribution in [0, 0.1) is 73.7 Å². The first-order valence-corrected chi connectivity index (χ1v) is 12.3. The molecule has 0 radical (unpaired) electrons. The zero-order chi connectivity index (χ0) is 27.7. The van der Waals surface area contributed by atoms with Crippen LogP contribution in [-0.2, 0) is 0 Å². The molecule has 0 saturated carbocycles. The van der Waals surface area contributed by atoms with Gasteiger partial charge in [0.15, 0.2) is 11.6 Å². The molecule has 4 aromatic rings. The van der Waals surface area contributed by atoms with Crippen LogP contribution < -0.4 is 0 Å². The first-order valence-electron chi connectivity index (χ1n) is 12.3. The van der Waals surface area contributed by atoms with Crippen LogP contribution in [0.5, 0.6) is 0 Å². The van der Waals surface area contributed by atoms with Gasteiger partial charge in [0.25, 0.3) is 0 Å². The Morgan fingerprint density at radius 3 is 1.08 bits per heavy atom. The lowest BCUT2D eigenvalue weighted by atomic mass is 10.0. The third-order valence-corrected chi connectivity index (χ3v) is 5.56. The quantitative estimate of drug-likeness (QED) is 0.167. The molecule has 3 heteroatoms. The zero-order valence-electron chi connectivity index (χ0n) is 22.1. The van der Waals surface area contributed by atoms with E-state index in [9.17, 15) is 13.2 Å². The Balaban J connectivity index is 0.00000195. The van der Waals surface area contributed by atoms with Gasteiger partial charge in [-0.25, -0.2) is 13.2 Å². The van der Waals surface area contributed by atoms with Crippen molar-refractivity contribution in [1.82, 2.24) is 0 Å². The fourth-order valence-corrected chi connectivity index (χ4v) is 3.36. The topological polar surface area (TPSA) is 0 Å².